The molecule has 1 aromatic heterocycles. The van der Waals surface area contributed by atoms with Gasteiger partial charge in [-0.25, -0.2) is 9.97 Å². The highest BCUT2D eigenvalue weighted by Crippen LogP contribution is 2.14. The minimum absolute atomic E-state index is 0.0141. The van der Waals surface area contributed by atoms with E-state index in [9.17, 15) is 4.79 Å². The number of Topliss-reactive ketones (excluding diaryl/α,β-unsaturated/α-hetero) is 1. The summed E-state index contributed by atoms with van der Waals surface area (Å²) in [4.78, 5) is 21.6. The molecule has 0 aliphatic carbocycles. The maximum absolute atomic E-state index is 11.0. The summed E-state index contributed by atoms with van der Waals surface area (Å²) >= 11 is 0. The largest absolute Gasteiger partial charge is 0.341 e. The molecule has 0 aromatic carbocycles. The Balaban J connectivity index is 2.11. The van der Waals surface area contributed by atoms with Crippen LogP contribution in [0, 0.1) is 0 Å². The first-order valence-corrected chi connectivity index (χ1v) is 5.35. The molecular weight excluding hydrogens is 190 g/mol. The van der Waals surface area contributed by atoms with Crippen molar-refractivity contribution in [1.29, 1.82) is 0 Å². The molecule has 4 heteroatoms. The zero-order chi connectivity index (χ0) is 10.7. The van der Waals surface area contributed by atoms with Crippen molar-refractivity contribution >= 4 is 11.7 Å². The predicted molar refractivity (Wildman–Crippen MR) is 58.1 cm³/mol. The van der Waals surface area contributed by atoms with E-state index in [4.69, 9.17) is 0 Å². The number of carbonyl (C=O) groups excluding carboxylic acids is 1. The number of carbonyl (C=O) groups is 1. The van der Waals surface area contributed by atoms with Gasteiger partial charge in [0.05, 0.1) is 5.56 Å². The SMILES string of the molecule is CC(=O)c1cnc(N2CCCCC2)nc1. The van der Waals surface area contributed by atoms with Gasteiger partial charge in [-0.3, -0.25) is 4.79 Å². The summed E-state index contributed by atoms with van der Waals surface area (Å²) in [5.41, 5.74) is 0.579. The number of hydrogen-bond acceptors (Lipinski definition) is 4. The average molecular weight is 205 g/mol. The van der Waals surface area contributed by atoms with Gasteiger partial charge in [-0.15, -0.1) is 0 Å². The van der Waals surface area contributed by atoms with Crippen LogP contribution in [-0.4, -0.2) is 28.8 Å². The molecule has 0 spiro atoms. The van der Waals surface area contributed by atoms with Gasteiger partial charge in [0.25, 0.3) is 0 Å². The van der Waals surface area contributed by atoms with E-state index in [1.165, 1.54) is 26.2 Å². The molecule has 0 bridgehead atoms. The number of piperidine rings is 1. The topological polar surface area (TPSA) is 46.1 Å². The van der Waals surface area contributed by atoms with Gasteiger partial charge in [-0.2, -0.15) is 0 Å². The van der Waals surface area contributed by atoms with E-state index in [0.29, 0.717) is 5.56 Å². The smallest absolute Gasteiger partial charge is 0.225 e. The van der Waals surface area contributed by atoms with Crippen LogP contribution >= 0.6 is 0 Å². The summed E-state index contributed by atoms with van der Waals surface area (Å²) in [6.45, 7) is 3.58. The van der Waals surface area contributed by atoms with Gasteiger partial charge < -0.3 is 4.90 Å². The number of hydrogen-bond donors (Lipinski definition) is 0. The average Bonchev–Trinajstić information content (AvgIpc) is 2.30. The molecule has 15 heavy (non-hydrogen) atoms. The Morgan fingerprint density at radius 1 is 1.20 bits per heavy atom. The molecule has 1 aromatic rings. The summed E-state index contributed by atoms with van der Waals surface area (Å²) < 4.78 is 0. The van der Waals surface area contributed by atoms with E-state index in [1.54, 1.807) is 12.4 Å². The van der Waals surface area contributed by atoms with E-state index in [-0.39, 0.29) is 5.78 Å². The molecule has 2 rings (SSSR count). The van der Waals surface area contributed by atoms with Crippen LogP contribution < -0.4 is 4.90 Å². The lowest BCUT2D eigenvalue weighted by atomic mass is 10.1. The maximum Gasteiger partial charge on any atom is 0.225 e. The van der Waals surface area contributed by atoms with Crippen molar-refractivity contribution in [1.82, 2.24) is 9.97 Å². The van der Waals surface area contributed by atoms with Crippen LogP contribution in [0.4, 0.5) is 5.95 Å². The Bertz CT molecular complexity index is 341. The maximum atomic E-state index is 11.0. The van der Waals surface area contributed by atoms with E-state index >= 15 is 0 Å². The third-order valence-electron chi connectivity index (χ3n) is 2.68. The van der Waals surface area contributed by atoms with Crippen molar-refractivity contribution in [2.24, 2.45) is 0 Å². The van der Waals surface area contributed by atoms with Crippen LogP contribution in [0.3, 0.4) is 0 Å². The Hall–Kier alpha value is -1.45. The molecule has 0 atom stereocenters. The van der Waals surface area contributed by atoms with Crippen molar-refractivity contribution in [2.75, 3.05) is 18.0 Å². The fourth-order valence-electron chi connectivity index (χ4n) is 1.76. The zero-order valence-electron chi connectivity index (χ0n) is 8.94. The quantitative estimate of drug-likeness (QED) is 0.689. The summed E-state index contributed by atoms with van der Waals surface area (Å²) in [7, 11) is 0. The highest BCUT2D eigenvalue weighted by molar-refractivity contribution is 5.93. The van der Waals surface area contributed by atoms with Crippen LogP contribution in [-0.2, 0) is 0 Å². The monoisotopic (exact) mass is 205 g/mol. The minimum Gasteiger partial charge on any atom is -0.341 e. The first kappa shape index (κ1) is 10.1. The number of anilines is 1. The summed E-state index contributed by atoms with van der Waals surface area (Å²) in [6.07, 6.45) is 6.93. The van der Waals surface area contributed by atoms with Crippen molar-refractivity contribution in [2.45, 2.75) is 26.2 Å². The fraction of sp³-hybridized carbons (Fsp3) is 0.545. The summed E-state index contributed by atoms with van der Waals surface area (Å²) in [5, 5.41) is 0. The Kier molecular flexibility index (Phi) is 2.94. The van der Waals surface area contributed by atoms with Gasteiger partial charge in [0.1, 0.15) is 0 Å². The Labute approximate surface area is 89.3 Å². The van der Waals surface area contributed by atoms with Gasteiger partial charge in [-0.1, -0.05) is 0 Å². The molecule has 0 amide bonds. The predicted octanol–water partition coefficient (Wildman–Crippen LogP) is 1.67. The molecule has 0 radical (unpaired) electrons. The van der Waals surface area contributed by atoms with Crippen LogP contribution in [0.1, 0.15) is 36.5 Å². The second kappa shape index (κ2) is 4.38. The molecule has 1 fully saturated rings. The normalized spacial score (nSPS) is 16.5. The van der Waals surface area contributed by atoms with E-state index in [1.807, 2.05) is 0 Å². The fourth-order valence-corrected chi connectivity index (χ4v) is 1.76. The lowest BCUT2D eigenvalue weighted by molar-refractivity contribution is 0.101. The third-order valence-corrected chi connectivity index (χ3v) is 2.68. The Morgan fingerprint density at radius 3 is 2.33 bits per heavy atom. The highest BCUT2D eigenvalue weighted by Gasteiger charge is 2.13. The molecule has 0 unspecified atom stereocenters. The lowest BCUT2D eigenvalue weighted by Gasteiger charge is -2.26. The van der Waals surface area contributed by atoms with Gasteiger partial charge in [-0.05, 0) is 26.2 Å². The van der Waals surface area contributed by atoms with Gasteiger partial charge in [0.2, 0.25) is 5.95 Å². The number of ketones is 1. The van der Waals surface area contributed by atoms with E-state index in [2.05, 4.69) is 14.9 Å². The highest BCUT2D eigenvalue weighted by atomic mass is 16.1. The molecule has 80 valence electrons. The van der Waals surface area contributed by atoms with Crippen molar-refractivity contribution < 1.29 is 4.79 Å². The Morgan fingerprint density at radius 2 is 1.80 bits per heavy atom. The molecule has 0 saturated carbocycles. The zero-order valence-corrected chi connectivity index (χ0v) is 8.94. The second-order valence-electron chi connectivity index (χ2n) is 3.88. The molecule has 0 N–H and O–H groups in total. The molecular formula is C11H15N3O. The molecule has 1 aliphatic rings. The van der Waals surface area contributed by atoms with E-state index in [0.717, 1.165) is 19.0 Å². The van der Waals surface area contributed by atoms with Crippen molar-refractivity contribution in [3.8, 4) is 0 Å². The summed E-state index contributed by atoms with van der Waals surface area (Å²) in [6, 6.07) is 0. The van der Waals surface area contributed by atoms with Crippen LogP contribution in [0.25, 0.3) is 0 Å². The first-order valence-electron chi connectivity index (χ1n) is 5.35. The molecule has 2 heterocycles. The van der Waals surface area contributed by atoms with Crippen molar-refractivity contribution in [3.63, 3.8) is 0 Å². The van der Waals surface area contributed by atoms with Crippen LogP contribution in [0.5, 0.6) is 0 Å². The van der Waals surface area contributed by atoms with Crippen LogP contribution in [0.2, 0.25) is 0 Å². The van der Waals surface area contributed by atoms with E-state index < -0.39 is 0 Å². The third kappa shape index (κ3) is 2.32. The van der Waals surface area contributed by atoms with Gasteiger partial charge >= 0.3 is 0 Å². The molecule has 4 nitrogen and oxygen atoms in total. The second-order valence-corrected chi connectivity index (χ2v) is 3.88. The van der Waals surface area contributed by atoms with Gasteiger partial charge in [0.15, 0.2) is 5.78 Å². The minimum atomic E-state index is 0.0141. The van der Waals surface area contributed by atoms with Crippen LogP contribution in [0.15, 0.2) is 12.4 Å². The first-order chi connectivity index (χ1) is 7.27. The molecule has 1 saturated heterocycles. The number of nitrogens with zero attached hydrogens (tertiary/aromatic N) is 3. The molecule has 1 aliphatic heterocycles. The van der Waals surface area contributed by atoms with Crippen molar-refractivity contribution in [3.05, 3.63) is 18.0 Å². The number of aromatic nitrogens is 2. The number of rotatable bonds is 2. The lowest BCUT2D eigenvalue weighted by Crippen LogP contribution is -2.30. The standard InChI is InChI=1S/C11H15N3O/c1-9(15)10-7-12-11(13-8-10)14-5-3-2-4-6-14/h7-8H,2-6H2,1H3. The van der Waals surface area contributed by atoms with Gasteiger partial charge in [0, 0.05) is 25.5 Å². The summed E-state index contributed by atoms with van der Waals surface area (Å²) in [5.74, 6) is 0.764.